The predicted octanol–water partition coefficient (Wildman–Crippen LogP) is 3.08. The van der Waals surface area contributed by atoms with Gasteiger partial charge in [-0.3, -0.25) is 4.79 Å². The second kappa shape index (κ2) is 8.11. The first-order valence-corrected chi connectivity index (χ1v) is 9.01. The van der Waals surface area contributed by atoms with Crippen LogP contribution in [0.4, 0.5) is 11.4 Å². The van der Waals surface area contributed by atoms with Crippen molar-refractivity contribution in [2.24, 2.45) is 0 Å². The Kier molecular flexibility index (Phi) is 5.63. The highest BCUT2D eigenvalue weighted by molar-refractivity contribution is 6.04. The molecule has 3 rings (SSSR count). The first-order chi connectivity index (χ1) is 13.0. The summed E-state index contributed by atoms with van der Waals surface area (Å²) in [5.41, 5.74) is 3.06. The number of para-hydroxylation sites is 1. The van der Waals surface area contributed by atoms with Crippen LogP contribution in [0.25, 0.3) is 0 Å². The Morgan fingerprint density at radius 3 is 2.63 bits per heavy atom. The fraction of sp³-hybridized carbons (Fsp3) is 0.333. The van der Waals surface area contributed by atoms with Gasteiger partial charge >= 0.3 is 0 Å². The van der Waals surface area contributed by atoms with Crippen molar-refractivity contribution in [3.63, 3.8) is 0 Å². The van der Waals surface area contributed by atoms with Crippen molar-refractivity contribution in [3.05, 3.63) is 53.6 Å². The second-order valence-electron chi connectivity index (χ2n) is 6.82. The normalized spacial score (nSPS) is 17.7. The zero-order chi connectivity index (χ0) is 19.4. The molecule has 1 amide bonds. The topological polar surface area (TPSA) is 86.2 Å². The van der Waals surface area contributed by atoms with E-state index in [-0.39, 0.29) is 17.9 Å². The molecule has 3 N–H and O–H groups in total. The number of nitriles is 1. The minimum atomic E-state index is -0.449. The van der Waals surface area contributed by atoms with Crippen molar-refractivity contribution in [2.45, 2.75) is 31.8 Å². The lowest BCUT2D eigenvalue weighted by Crippen LogP contribution is -2.52. The van der Waals surface area contributed by atoms with E-state index in [2.05, 4.69) is 41.1 Å². The third-order valence-corrected chi connectivity index (χ3v) is 4.96. The Bertz CT molecular complexity index is 857. The smallest absolute Gasteiger partial charge is 0.248 e. The molecule has 1 aliphatic heterocycles. The minimum absolute atomic E-state index is 0.102. The largest absolute Gasteiger partial charge is 0.497 e. The molecule has 0 unspecified atom stereocenters. The first kappa shape index (κ1) is 18.7. The van der Waals surface area contributed by atoms with E-state index in [9.17, 15) is 10.1 Å². The molecule has 0 spiro atoms. The Morgan fingerprint density at radius 1 is 1.22 bits per heavy atom. The maximum Gasteiger partial charge on any atom is 0.248 e. The van der Waals surface area contributed by atoms with Gasteiger partial charge in [-0.15, -0.1) is 0 Å². The molecule has 2 aromatic rings. The first-order valence-electron chi connectivity index (χ1n) is 9.01. The van der Waals surface area contributed by atoms with Crippen LogP contribution < -0.4 is 20.7 Å². The Hall–Kier alpha value is -3.04. The van der Waals surface area contributed by atoms with Crippen molar-refractivity contribution in [2.75, 3.05) is 24.3 Å². The lowest BCUT2D eigenvalue weighted by molar-refractivity contribution is -0.117. The van der Waals surface area contributed by atoms with Crippen LogP contribution in [0, 0.1) is 11.3 Å². The van der Waals surface area contributed by atoms with Gasteiger partial charge in [0.15, 0.2) is 0 Å². The molecule has 0 aromatic heterocycles. The Labute approximate surface area is 159 Å². The van der Waals surface area contributed by atoms with E-state index in [1.165, 1.54) is 5.56 Å². The summed E-state index contributed by atoms with van der Waals surface area (Å²) >= 11 is 0. The summed E-state index contributed by atoms with van der Waals surface area (Å²) in [4.78, 5) is 12.5. The number of carbonyl (C=O) groups is 1. The second-order valence-corrected chi connectivity index (χ2v) is 6.82. The van der Waals surface area contributed by atoms with Gasteiger partial charge in [0, 0.05) is 12.6 Å². The SMILES string of the molecule is COc1ccc([C@H](C)CN[C@H](C)[C@@H]2Nc3c(C#N)cccc3NC2=O)cc1. The van der Waals surface area contributed by atoms with Crippen molar-refractivity contribution in [1.29, 1.82) is 5.26 Å². The Morgan fingerprint density at radius 2 is 1.96 bits per heavy atom. The van der Waals surface area contributed by atoms with Gasteiger partial charge in [-0.2, -0.15) is 5.26 Å². The van der Waals surface area contributed by atoms with Crippen molar-refractivity contribution in [3.8, 4) is 11.8 Å². The average Bonchev–Trinajstić information content (AvgIpc) is 2.70. The standard InChI is InChI=1S/C21H24N4O2/c1-13(15-7-9-17(27-3)10-8-15)12-23-14(2)19-21(26)24-18-6-4-5-16(11-22)20(18)25-19/h4-10,13-14,19,23,25H,12H2,1-3H3,(H,24,26)/t13-,14-,19+/m1/s1. The third-order valence-electron chi connectivity index (χ3n) is 4.96. The van der Waals surface area contributed by atoms with Gasteiger partial charge in [0.05, 0.1) is 24.0 Å². The Balaban J connectivity index is 1.64. The zero-order valence-electron chi connectivity index (χ0n) is 15.7. The molecule has 140 valence electrons. The van der Waals surface area contributed by atoms with Crippen LogP contribution in [0.5, 0.6) is 5.75 Å². The average molecular weight is 364 g/mol. The molecule has 0 saturated heterocycles. The van der Waals surface area contributed by atoms with Gasteiger partial charge in [0.1, 0.15) is 17.9 Å². The molecule has 0 saturated carbocycles. The van der Waals surface area contributed by atoms with Gasteiger partial charge in [0.25, 0.3) is 0 Å². The van der Waals surface area contributed by atoms with Gasteiger partial charge in [-0.25, -0.2) is 0 Å². The van der Waals surface area contributed by atoms with Crippen molar-refractivity contribution < 1.29 is 9.53 Å². The lowest BCUT2D eigenvalue weighted by Gasteiger charge is -2.32. The van der Waals surface area contributed by atoms with E-state index < -0.39 is 6.04 Å². The van der Waals surface area contributed by atoms with E-state index in [1.54, 1.807) is 25.3 Å². The molecule has 0 fully saturated rings. The summed E-state index contributed by atoms with van der Waals surface area (Å²) in [5.74, 6) is 1.02. The minimum Gasteiger partial charge on any atom is -0.497 e. The van der Waals surface area contributed by atoms with Crippen LogP contribution in [-0.4, -0.2) is 31.6 Å². The number of nitrogens with zero attached hydrogens (tertiary/aromatic N) is 1. The molecule has 0 bridgehead atoms. The predicted molar refractivity (Wildman–Crippen MR) is 106 cm³/mol. The fourth-order valence-electron chi connectivity index (χ4n) is 3.22. The van der Waals surface area contributed by atoms with Gasteiger partial charge in [0.2, 0.25) is 5.91 Å². The summed E-state index contributed by atoms with van der Waals surface area (Å²) < 4.78 is 5.19. The van der Waals surface area contributed by atoms with E-state index in [1.807, 2.05) is 19.1 Å². The lowest BCUT2D eigenvalue weighted by atomic mass is 9.99. The number of benzene rings is 2. The van der Waals surface area contributed by atoms with E-state index in [0.717, 1.165) is 12.3 Å². The number of nitrogens with one attached hydrogen (secondary N) is 3. The molecule has 6 heteroatoms. The van der Waals surface area contributed by atoms with Crippen LogP contribution in [-0.2, 0) is 4.79 Å². The van der Waals surface area contributed by atoms with Crippen LogP contribution in [0.15, 0.2) is 42.5 Å². The third kappa shape index (κ3) is 4.04. The monoisotopic (exact) mass is 364 g/mol. The molecule has 3 atom stereocenters. The maximum atomic E-state index is 12.5. The molecule has 1 aliphatic rings. The molecule has 0 aliphatic carbocycles. The molecule has 27 heavy (non-hydrogen) atoms. The fourth-order valence-corrected chi connectivity index (χ4v) is 3.22. The number of amides is 1. The molecule has 2 aromatic carbocycles. The number of ether oxygens (including phenoxy) is 1. The highest BCUT2D eigenvalue weighted by Crippen LogP contribution is 2.30. The number of anilines is 2. The van der Waals surface area contributed by atoms with Crippen molar-refractivity contribution in [1.82, 2.24) is 5.32 Å². The molecule has 6 nitrogen and oxygen atoms in total. The van der Waals surface area contributed by atoms with E-state index in [4.69, 9.17) is 4.74 Å². The molecule has 0 radical (unpaired) electrons. The highest BCUT2D eigenvalue weighted by Gasteiger charge is 2.31. The summed E-state index contributed by atoms with van der Waals surface area (Å²) in [6.45, 7) is 4.84. The molecular weight excluding hydrogens is 340 g/mol. The maximum absolute atomic E-state index is 12.5. The number of fused-ring (bicyclic) bond motifs is 1. The zero-order valence-corrected chi connectivity index (χ0v) is 15.7. The molecule has 1 heterocycles. The van der Waals surface area contributed by atoms with Crippen LogP contribution in [0.2, 0.25) is 0 Å². The van der Waals surface area contributed by atoms with Gasteiger partial charge < -0.3 is 20.7 Å². The number of carbonyl (C=O) groups excluding carboxylic acids is 1. The summed E-state index contributed by atoms with van der Waals surface area (Å²) in [6.07, 6.45) is 0. The van der Waals surface area contributed by atoms with Crippen LogP contribution in [0.1, 0.15) is 30.9 Å². The van der Waals surface area contributed by atoms with Crippen LogP contribution in [0.3, 0.4) is 0 Å². The number of hydrogen-bond donors (Lipinski definition) is 3. The van der Waals surface area contributed by atoms with Gasteiger partial charge in [-0.1, -0.05) is 25.1 Å². The number of hydrogen-bond acceptors (Lipinski definition) is 5. The summed E-state index contributed by atoms with van der Waals surface area (Å²) in [5, 5.41) is 18.9. The summed E-state index contributed by atoms with van der Waals surface area (Å²) in [6, 6.07) is 14.9. The van der Waals surface area contributed by atoms with E-state index in [0.29, 0.717) is 16.9 Å². The molecular formula is C21H24N4O2. The quantitative estimate of drug-likeness (QED) is 0.733. The highest BCUT2D eigenvalue weighted by atomic mass is 16.5. The summed E-state index contributed by atoms with van der Waals surface area (Å²) in [7, 11) is 1.65. The van der Waals surface area contributed by atoms with Crippen molar-refractivity contribution >= 4 is 17.3 Å². The number of rotatable bonds is 6. The van der Waals surface area contributed by atoms with E-state index >= 15 is 0 Å². The van der Waals surface area contributed by atoms with Crippen LogP contribution >= 0.6 is 0 Å². The van der Waals surface area contributed by atoms with Gasteiger partial charge in [-0.05, 0) is 42.7 Å². The number of methoxy groups -OCH3 is 1.